The van der Waals surface area contributed by atoms with Gasteiger partial charge in [-0.15, -0.1) is 0 Å². The first-order valence-corrected chi connectivity index (χ1v) is 12.8. The first-order chi connectivity index (χ1) is 15.4. The number of aliphatic carboxylic acids is 2. The largest absolute Gasteiger partial charge is 0.481 e. The third kappa shape index (κ3) is 9.78. The van der Waals surface area contributed by atoms with Crippen LogP contribution in [0.15, 0.2) is 12.2 Å². The summed E-state index contributed by atoms with van der Waals surface area (Å²) in [5.74, 6) is -1.95. The molecule has 33 heavy (non-hydrogen) atoms. The van der Waals surface area contributed by atoms with Crippen LogP contribution in [0.1, 0.15) is 105 Å². The minimum atomic E-state index is -0.751. The van der Waals surface area contributed by atoms with E-state index >= 15 is 0 Å². The second kappa shape index (κ2) is 12.3. The Kier molecular flexibility index (Phi) is 10.4. The molecule has 2 rings (SSSR count). The van der Waals surface area contributed by atoms with Crippen LogP contribution in [0.2, 0.25) is 0 Å². The Morgan fingerprint density at radius 1 is 0.909 bits per heavy atom. The van der Waals surface area contributed by atoms with Gasteiger partial charge in [0.2, 0.25) is 0 Å². The van der Waals surface area contributed by atoms with Crippen molar-refractivity contribution < 1.29 is 29.3 Å². The zero-order valence-corrected chi connectivity index (χ0v) is 21.3. The maximum Gasteiger partial charge on any atom is 0.309 e. The van der Waals surface area contributed by atoms with Crippen LogP contribution in [0.4, 0.5) is 0 Å². The first kappa shape index (κ1) is 27.8. The third-order valence-corrected chi connectivity index (χ3v) is 7.13. The molecule has 6 nitrogen and oxygen atoms in total. The van der Waals surface area contributed by atoms with Crippen LogP contribution in [0, 0.1) is 16.7 Å². The van der Waals surface area contributed by atoms with Crippen molar-refractivity contribution >= 4 is 11.9 Å². The van der Waals surface area contributed by atoms with E-state index in [-0.39, 0.29) is 29.8 Å². The predicted molar refractivity (Wildman–Crippen MR) is 129 cm³/mol. The molecule has 0 aliphatic carbocycles. The molecule has 0 aromatic heterocycles. The Morgan fingerprint density at radius 2 is 1.52 bits per heavy atom. The number of hydrogen-bond acceptors (Lipinski definition) is 4. The summed E-state index contributed by atoms with van der Waals surface area (Å²) in [7, 11) is 0. The van der Waals surface area contributed by atoms with Crippen LogP contribution in [-0.4, -0.2) is 46.6 Å². The van der Waals surface area contributed by atoms with Gasteiger partial charge in [-0.05, 0) is 89.9 Å². The molecule has 0 saturated carbocycles. The van der Waals surface area contributed by atoms with Crippen LogP contribution >= 0.6 is 0 Å². The molecular weight excluding hydrogens is 420 g/mol. The SMILES string of the molecule is CC(C)(C)CCC(C(=O)O)C1CCCC(/C=C/C2CCCC(CCCC(C)(C)C(=O)O)O2)O1. The van der Waals surface area contributed by atoms with Crippen LogP contribution in [0.5, 0.6) is 0 Å². The number of hydrogen-bond donors (Lipinski definition) is 2. The van der Waals surface area contributed by atoms with Crippen molar-refractivity contribution in [2.24, 2.45) is 16.7 Å². The van der Waals surface area contributed by atoms with E-state index in [0.717, 1.165) is 57.8 Å². The molecule has 6 heteroatoms. The molecule has 0 amide bonds. The topological polar surface area (TPSA) is 93.1 Å². The van der Waals surface area contributed by atoms with E-state index in [1.807, 2.05) is 0 Å². The molecule has 2 fully saturated rings. The standard InChI is InChI=1S/C27H46O6/c1-26(2,3)18-16-22(24(28)29)23-13-7-11-21(33-23)15-14-20-10-6-9-19(32-20)12-8-17-27(4,5)25(30)31/h14-15,19-23H,6-13,16-18H2,1-5H3,(H,28,29)(H,30,31)/b15-14+. The van der Waals surface area contributed by atoms with Crippen LogP contribution in [0.3, 0.4) is 0 Å². The smallest absolute Gasteiger partial charge is 0.309 e. The molecule has 190 valence electrons. The summed E-state index contributed by atoms with van der Waals surface area (Å²) in [6, 6.07) is 0. The molecule has 2 saturated heterocycles. The molecule has 0 radical (unpaired) electrons. The molecule has 0 spiro atoms. The summed E-state index contributed by atoms with van der Waals surface area (Å²) in [5.41, 5.74) is -0.580. The molecule has 0 aromatic carbocycles. The Balaban J connectivity index is 1.84. The summed E-state index contributed by atoms with van der Waals surface area (Å²) < 4.78 is 12.5. The van der Waals surface area contributed by atoms with E-state index < -0.39 is 23.3 Å². The van der Waals surface area contributed by atoms with Crippen molar-refractivity contribution in [2.45, 2.75) is 130 Å². The molecule has 2 heterocycles. The van der Waals surface area contributed by atoms with Crippen LogP contribution in [0.25, 0.3) is 0 Å². The lowest BCUT2D eigenvalue weighted by Crippen LogP contribution is -2.37. The second-order valence-electron chi connectivity index (χ2n) is 11.9. The van der Waals surface area contributed by atoms with Gasteiger partial charge in [0.05, 0.1) is 35.7 Å². The Labute approximate surface area is 200 Å². The number of rotatable bonds is 11. The van der Waals surface area contributed by atoms with Crippen molar-refractivity contribution in [3.05, 3.63) is 12.2 Å². The minimum Gasteiger partial charge on any atom is -0.481 e. The number of carboxylic acids is 2. The molecule has 2 aliphatic rings. The van der Waals surface area contributed by atoms with Crippen LogP contribution < -0.4 is 0 Å². The van der Waals surface area contributed by atoms with Gasteiger partial charge in [0.15, 0.2) is 0 Å². The van der Waals surface area contributed by atoms with Gasteiger partial charge in [-0.1, -0.05) is 32.9 Å². The van der Waals surface area contributed by atoms with Crippen molar-refractivity contribution in [3.63, 3.8) is 0 Å². The van der Waals surface area contributed by atoms with Gasteiger partial charge in [0, 0.05) is 0 Å². The molecule has 5 unspecified atom stereocenters. The van der Waals surface area contributed by atoms with E-state index in [1.54, 1.807) is 13.8 Å². The summed E-state index contributed by atoms with van der Waals surface area (Å²) in [6.45, 7) is 9.98. The van der Waals surface area contributed by atoms with Crippen molar-refractivity contribution in [2.75, 3.05) is 0 Å². The van der Waals surface area contributed by atoms with Gasteiger partial charge in [-0.2, -0.15) is 0 Å². The monoisotopic (exact) mass is 466 g/mol. The maximum absolute atomic E-state index is 11.9. The average molecular weight is 467 g/mol. The molecule has 0 aromatic rings. The highest BCUT2D eigenvalue weighted by Gasteiger charge is 2.34. The Bertz CT molecular complexity index is 662. The van der Waals surface area contributed by atoms with Gasteiger partial charge < -0.3 is 19.7 Å². The molecule has 5 atom stereocenters. The quantitative estimate of drug-likeness (QED) is 0.351. The fraction of sp³-hybridized carbons (Fsp3) is 0.852. The molecule has 0 bridgehead atoms. The van der Waals surface area contributed by atoms with Crippen molar-refractivity contribution in [1.29, 1.82) is 0 Å². The van der Waals surface area contributed by atoms with Gasteiger partial charge in [0.25, 0.3) is 0 Å². The third-order valence-electron chi connectivity index (χ3n) is 7.13. The number of ether oxygens (including phenoxy) is 2. The van der Waals surface area contributed by atoms with E-state index in [9.17, 15) is 19.8 Å². The first-order valence-electron chi connectivity index (χ1n) is 12.8. The van der Waals surface area contributed by atoms with E-state index in [2.05, 4.69) is 32.9 Å². The van der Waals surface area contributed by atoms with Gasteiger partial charge >= 0.3 is 11.9 Å². The van der Waals surface area contributed by atoms with Gasteiger partial charge in [-0.25, -0.2) is 0 Å². The number of carbonyl (C=O) groups is 2. The molecule has 2 N–H and O–H groups in total. The molecular formula is C27H46O6. The van der Waals surface area contributed by atoms with Crippen molar-refractivity contribution in [3.8, 4) is 0 Å². The highest BCUT2D eigenvalue weighted by Crippen LogP contribution is 2.32. The van der Waals surface area contributed by atoms with E-state index in [1.165, 1.54) is 0 Å². The fourth-order valence-electron chi connectivity index (χ4n) is 4.79. The highest BCUT2D eigenvalue weighted by atomic mass is 16.5. The fourth-order valence-corrected chi connectivity index (χ4v) is 4.79. The summed E-state index contributed by atoms with van der Waals surface area (Å²) in [6.07, 6.45) is 13.8. The molecule has 2 aliphatic heterocycles. The van der Waals surface area contributed by atoms with Gasteiger partial charge in [0.1, 0.15) is 0 Å². The van der Waals surface area contributed by atoms with Crippen LogP contribution in [-0.2, 0) is 19.1 Å². The summed E-state index contributed by atoms with van der Waals surface area (Å²) in [4.78, 5) is 23.2. The Morgan fingerprint density at radius 3 is 2.09 bits per heavy atom. The summed E-state index contributed by atoms with van der Waals surface area (Å²) >= 11 is 0. The number of carboxylic acid groups (broad SMARTS) is 2. The lowest BCUT2D eigenvalue weighted by atomic mass is 9.83. The van der Waals surface area contributed by atoms with Crippen molar-refractivity contribution in [1.82, 2.24) is 0 Å². The predicted octanol–water partition coefficient (Wildman–Crippen LogP) is 6.23. The average Bonchev–Trinajstić information content (AvgIpc) is 2.72. The Hall–Kier alpha value is -1.40. The zero-order valence-electron chi connectivity index (χ0n) is 21.3. The minimum absolute atomic E-state index is 0.0522. The lowest BCUT2D eigenvalue weighted by molar-refractivity contribution is -0.152. The maximum atomic E-state index is 11.9. The second-order valence-corrected chi connectivity index (χ2v) is 11.9. The lowest BCUT2D eigenvalue weighted by Gasteiger charge is -2.34. The van der Waals surface area contributed by atoms with E-state index in [4.69, 9.17) is 9.47 Å². The van der Waals surface area contributed by atoms with Gasteiger partial charge in [-0.3, -0.25) is 9.59 Å². The highest BCUT2D eigenvalue weighted by molar-refractivity contribution is 5.73. The zero-order chi connectivity index (χ0) is 24.6. The normalized spacial score (nSPS) is 28.0. The van der Waals surface area contributed by atoms with E-state index in [0.29, 0.717) is 12.8 Å². The summed E-state index contributed by atoms with van der Waals surface area (Å²) in [5, 5.41) is 19.1.